The van der Waals surface area contributed by atoms with Gasteiger partial charge in [-0.3, -0.25) is 4.79 Å². The Labute approximate surface area is 70.5 Å². The van der Waals surface area contributed by atoms with Crippen molar-refractivity contribution in [3.63, 3.8) is 0 Å². The molecule has 1 aliphatic carbocycles. The van der Waals surface area contributed by atoms with Gasteiger partial charge in [-0.05, 0) is 36.4 Å². The summed E-state index contributed by atoms with van der Waals surface area (Å²) in [6, 6.07) is 2.03. The first-order valence-electron chi connectivity index (χ1n) is 3.53. The van der Waals surface area contributed by atoms with Gasteiger partial charge in [0.15, 0.2) is 0 Å². The van der Waals surface area contributed by atoms with E-state index in [-0.39, 0.29) is 5.24 Å². The molecule has 0 radical (unpaired) electrons. The Hall–Kier alpha value is -0.810. The molecule has 0 aromatic heterocycles. The second-order valence-electron chi connectivity index (χ2n) is 2.54. The van der Waals surface area contributed by atoms with E-state index in [0.29, 0.717) is 12.0 Å². The van der Waals surface area contributed by atoms with Gasteiger partial charge in [-0.2, -0.15) is 5.26 Å². The predicted octanol–water partition coefficient (Wildman–Crippen LogP) is 2.15. The van der Waals surface area contributed by atoms with Gasteiger partial charge in [-0.15, -0.1) is 0 Å². The van der Waals surface area contributed by atoms with E-state index in [0.717, 1.165) is 24.8 Å². The molecule has 0 spiro atoms. The lowest BCUT2D eigenvalue weighted by Gasteiger charge is -1.95. The Morgan fingerprint density at radius 3 is 2.91 bits per heavy atom. The van der Waals surface area contributed by atoms with E-state index in [2.05, 4.69) is 0 Å². The highest BCUT2D eigenvalue weighted by Gasteiger charge is 2.18. The SMILES string of the molecule is N#CCC1=C(C(=O)Cl)CCC1. The minimum Gasteiger partial charge on any atom is -0.276 e. The second kappa shape index (κ2) is 3.54. The van der Waals surface area contributed by atoms with Crippen LogP contribution in [0, 0.1) is 11.3 Å². The molecule has 0 aliphatic heterocycles. The van der Waals surface area contributed by atoms with E-state index < -0.39 is 0 Å². The van der Waals surface area contributed by atoms with Crippen molar-refractivity contribution in [2.75, 3.05) is 0 Å². The summed E-state index contributed by atoms with van der Waals surface area (Å²) in [6.45, 7) is 0. The summed E-state index contributed by atoms with van der Waals surface area (Å²) in [7, 11) is 0. The summed E-state index contributed by atoms with van der Waals surface area (Å²) in [5.74, 6) is 0. The fourth-order valence-electron chi connectivity index (χ4n) is 1.33. The molecule has 0 saturated heterocycles. The van der Waals surface area contributed by atoms with Gasteiger partial charge < -0.3 is 0 Å². The molecule has 1 rings (SSSR count). The standard InChI is InChI=1S/C8H8ClNO/c9-8(11)7-3-1-2-6(7)4-5-10/h1-4H2. The van der Waals surface area contributed by atoms with Crippen molar-refractivity contribution in [3.8, 4) is 6.07 Å². The number of rotatable bonds is 2. The molecule has 58 valence electrons. The van der Waals surface area contributed by atoms with Crippen LogP contribution in [0.1, 0.15) is 25.7 Å². The minimum atomic E-state index is -0.382. The fraction of sp³-hybridized carbons (Fsp3) is 0.500. The highest BCUT2D eigenvalue weighted by atomic mass is 35.5. The molecule has 0 N–H and O–H groups in total. The molecule has 0 aromatic carbocycles. The van der Waals surface area contributed by atoms with Gasteiger partial charge in [0, 0.05) is 5.57 Å². The smallest absolute Gasteiger partial charge is 0.248 e. The second-order valence-corrected chi connectivity index (χ2v) is 2.89. The van der Waals surface area contributed by atoms with Gasteiger partial charge in [0.2, 0.25) is 5.24 Å². The van der Waals surface area contributed by atoms with Crippen LogP contribution >= 0.6 is 11.6 Å². The topological polar surface area (TPSA) is 40.9 Å². The maximum atomic E-state index is 10.7. The lowest BCUT2D eigenvalue weighted by molar-refractivity contribution is -0.108. The van der Waals surface area contributed by atoms with Gasteiger partial charge >= 0.3 is 0 Å². The number of hydrogen-bond acceptors (Lipinski definition) is 2. The maximum Gasteiger partial charge on any atom is 0.248 e. The van der Waals surface area contributed by atoms with Crippen molar-refractivity contribution in [1.82, 2.24) is 0 Å². The van der Waals surface area contributed by atoms with Gasteiger partial charge in [0.1, 0.15) is 0 Å². The number of allylic oxidation sites excluding steroid dienone is 2. The Balaban J connectivity index is 2.79. The van der Waals surface area contributed by atoms with Crippen LogP contribution in [0.15, 0.2) is 11.1 Å². The zero-order valence-corrected chi connectivity index (χ0v) is 6.82. The van der Waals surface area contributed by atoms with Crippen molar-refractivity contribution in [1.29, 1.82) is 5.26 Å². The van der Waals surface area contributed by atoms with Gasteiger partial charge in [-0.25, -0.2) is 0 Å². The molecule has 0 heterocycles. The van der Waals surface area contributed by atoms with E-state index in [4.69, 9.17) is 16.9 Å². The third-order valence-corrected chi connectivity index (χ3v) is 2.09. The largest absolute Gasteiger partial charge is 0.276 e. The molecule has 0 bridgehead atoms. The Kier molecular flexibility index (Phi) is 2.67. The highest BCUT2D eigenvalue weighted by Crippen LogP contribution is 2.29. The highest BCUT2D eigenvalue weighted by molar-refractivity contribution is 6.67. The monoisotopic (exact) mass is 169 g/mol. The van der Waals surface area contributed by atoms with Crippen molar-refractivity contribution >= 4 is 16.8 Å². The Morgan fingerprint density at radius 1 is 1.64 bits per heavy atom. The van der Waals surface area contributed by atoms with Crippen LogP contribution in [-0.4, -0.2) is 5.24 Å². The molecule has 0 amide bonds. The molecule has 0 unspecified atom stereocenters. The van der Waals surface area contributed by atoms with Crippen LogP contribution < -0.4 is 0 Å². The molecule has 0 fully saturated rings. The first-order chi connectivity index (χ1) is 5.25. The molecule has 2 nitrogen and oxygen atoms in total. The summed E-state index contributed by atoms with van der Waals surface area (Å²) >= 11 is 5.31. The van der Waals surface area contributed by atoms with Crippen LogP contribution in [0.5, 0.6) is 0 Å². The van der Waals surface area contributed by atoms with E-state index in [9.17, 15) is 4.79 Å². The summed E-state index contributed by atoms with van der Waals surface area (Å²) in [4.78, 5) is 10.7. The first kappa shape index (κ1) is 8.29. The number of nitriles is 1. The van der Waals surface area contributed by atoms with Crippen molar-refractivity contribution in [2.45, 2.75) is 25.7 Å². The third kappa shape index (κ3) is 1.81. The maximum absolute atomic E-state index is 10.7. The third-order valence-electron chi connectivity index (χ3n) is 1.86. The van der Waals surface area contributed by atoms with Crippen LogP contribution in [0.25, 0.3) is 0 Å². The predicted molar refractivity (Wildman–Crippen MR) is 42.0 cm³/mol. The zero-order valence-electron chi connectivity index (χ0n) is 6.06. The first-order valence-corrected chi connectivity index (χ1v) is 3.91. The van der Waals surface area contributed by atoms with Gasteiger partial charge in [-0.1, -0.05) is 0 Å². The molecule has 11 heavy (non-hydrogen) atoms. The van der Waals surface area contributed by atoms with Gasteiger partial charge in [0.05, 0.1) is 12.5 Å². The Bertz CT molecular complexity index is 249. The van der Waals surface area contributed by atoms with Crippen molar-refractivity contribution in [3.05, 3.63) is 11.1 Å². The molecule has 0 saturated carbocycles. The minimum absolute atomic E-state index is 0.355. The summed E-state index contributed by atoms with van der Waals surface area (Å²) < 4.78 is 0. The van der Waals surface area contributed by atoms with Crippen molar-refractivity contribution < 1.29 is 4.79 Å². The zero-order chi connectivity index (χ0) is 8.27. The number of hydrogen-bond donors (Lipinski definition) is 0. The van der Waals surface area contributed by atoms with Crippen molar-refractivity contribution in [2.24, 2.45) is 0 Å². The lowest BCUT2D eigenvalue weighted by atomic mass is 10.1. The molecular weight excluding hydrogens is 162 g/mol. The van der Waals surface area contributed by atoms with Gasteiger partial charge in [0.25, 0.3) is 0 Å². The average Bonchev–Trinajstić information content (AvgIpc) is 2.36. The molecule has 3 heteroatoms. The molecule has 0 aromatic rings. The Morgan fingerprint density at radius 2 is 2.36 bits per heavy atom. The summed E-state index contributed by atoms with van der Waals surface area (Å²) in [5, 5.41) is 8.01. The number of carbonyl (C=O) groups is 1. The van der Waals surface area contributed by atoms with E-state index >= 15 is 0 Å². The molecule has 1 aliphatic rings. The fourth-order valence-corrected chi connectivity index (χ4v) is 1.56. The van der Waals surface area contributed by atoms with E-state index in [1.165, 1.54) is 0 Å². The summed E-state index contributed by atoms with van der Waals surface area (Å²) in [6.07, 6.45) is 2.93. The molecule has 0 atom stereocenters. The van der Waals surface area contributed by atoms with Crippen LogP contribution in [-0.2, 0) is 4.79 Å². The quantitative estimate of drug-likeness (QED) is 0.595. The number of halogens is 1. The number of carbonyl (C=O) groups excluding carboxylic acids is 1. The lowest BCUT2D eigenvalue weighted by Crippen LogP contribution is -1.92. The van der Waals surface area contributed by atoms with E-state index in [1.54, 1.807) is 0 Å². The summed E-state index contributed by atoms with van der Waals surface area (Å²) in [5.41, 5.74) is 1.61. The molecular formula is C8H8ClNO. The number of nitrogens with zero attached hydrogens (tertiary/aromatic N) is 1. The normalized spacial score (nSPS) is 16.7. The van der Waals surface area contributed by atoms with Crippen LogP contribution in [0.2, 0.25) is 0 Å². The van der Waals surface area contributed by atoms with Crippen LogP contribution in [0.3, 0.4) is 0 Å². The average molecular weight is 170 g/mol. The van der Waals surface area contributed by atoms with E-state index in [1.807, 2.05) is 6.07 Å². The van der Waals surface area contributed by atoms with Crippen LogP contribution in [0.4, 0.5) is 0 Å².